The lowest BCUT2D eigenvalue weighted by atomic mass is 9.87. The summed E-state index contributed by atoms with van der Waals surface area (Å²) < 4.78 is 0. The summed E-state index contributed by atoms with van der Waals surface area (Å²) in [6, 6.07) is 4.69. The number of nitrogens with two attached hydrogens (primary N) is 1. The van der Waals surface area contributed by atoms with Crippen LogP contribution >= 0.6 is 11.6 Å². The second kappa shape index (κ2) is 5.35. The lowest BCUT2D eigenvalue weighted by molar-refractivity contribution is -0.125. The molecule has 0 bridgehead atoms. The van der Waals surface area contributed by atoms with Crippen LogP contribution in [0.2, 0.25) is 5.15 Å². The molecule has 0 aliphatic heterocycles. The molecule has 1 unspecified atom stereocenters. The molecule has 0 saturated carbocycles. The van der Waals surface area contributed by atoms with E-state index in [4.69, 9.17) is 17.3 Å². The van der Waals surface area contributed by atoms with E-state index in [1.165, 1.54) is 6.07 Å². The van der Waals surface area contributed by atoms with Crippen molar-refractivity contribution in [2.24, 2.45) is 11.7 Å². The number of carbonyl (C=O) groups is 2. The van der Waals surface area contributed by atoms with E-state index in [0.717, 1.165) is 0 Å². The molecule has 1 atom stereocenters. The van der Waals surface area contributed by atoms with Gasteiger partial charge in [0.25, 0.3) is 5.91 Å². The molecule has 3 N–H and O–H groups in total. The van der Waals surface area contributed by atoms with Gasteiger partial charge in [0.15, 0.2) is 0 Å². The number of nitrogens with one attached hydrogen (secondary N) is 1. The Bertz CT molecular complexity index is 476. The zero-order chi connectivity index (χ0) is 13.9. The number of aromatic nitrogens is 1. The molecule has 1 heterocycles. The predicted octanol–water partition coefficient (Wildman–Crippen LogP) is 1.36. The third-order valence-electron chi connectivity index (χ3n) is 2.99. The number of pyridine rings is 1. The fourth-order valence-corrected chi connectivity index (χ4v) is 1.49. The highest BCUT2D eigenvalue weighted by Crippen LogP contribution is 2.17. The summed E-state index contributed by atoms with van der Waals surface area (Å²) in [6.07, 6.45) is 0. The van der Waals surface area contributed by atoms with Gasteiger partial charge in [0.1, 0.15) is 16.4 Å². The molecule has 1 rings (SSSR count). The summed E-state index contributed by atoms with van der Waals surface area (Å²) in [4.78, 5) is 27.3. The molecule has 5 nitrogen and oxygen atoms in total. The maximum absolute atomic E-state index is 12.0. The molecule has 0 aliphatic rings. The molecule has 2 amide bonds. The first-order valence-electron chi connectivity index (χ1n) is 5.52. The summed E-state index contributed by atoms with van der Waals surface area (Å²) in [6.45, 7) is 5.19. The zero-order valence-corrected chi connectivity index (χ0v) is 11.3. The largest absolute Gasteiger partial charge is 0.368 e. The van der Waals surface area contributed by atoms with E-state index >= 15 is 0 Å². The zero-order valence-electron chi connectivity index (χ0n) is 10.5. The minimum Gasteiger partial charge on any atom is -0.368 e. The maximum Gasteiger partial charge on any atom is 0.270 e. The molecular formula is C12H16ClN3O2. The van der Waals surface area contributed by atoms with Crippen LogP contribution in [0.5, 0.6) is 0 Å². The number of primary amides is 1. The van der Waals surface area contributed by atoms with Crippen LogP contribution in [0.25, 0.3) is 0 Å². The number of carbonyl (C=O) groups excluding carboxylic acids is 2. The number of halogens is 1. The molecule has 18 heavy (non-hydrogen) atoms. The SMILES string of the molecule is CC(C)C(C)(NC(=O)c1cccc(Cl)n1)C(N)=O. The van der Waals surface area contributed by atoms with Crippen molar-refractivity contribution < 1.29 is 9.59 Å². The highest BCUT2D eigenvalue weighted by Gasteiger charge is 2.36. The monoisotopic (exact) mass is 269 g/mol. The third kappa shape index (κ3) is 2.98. The lowest BCUT2D eigenvalue weighted by Gasteiger charge is -2.31. The van der Waals surface area contributed by atoms with Crippen molar-refractivity contribution >= 4 is 23.4 Å². The highest BCUT2D eigenvalue weighted by atomic mass is 35.5. The highest BCUT2D eigenvalue weighted by molar-refractivity contribution is 6.29. The first kappa shape index (κ1) is 14.4. The van der Waals surface area contributed by atoms with E-state index in [-0.39, 0.29) is 16.8 Å². The predicted molar refractivity (Wildman–Crippen MR) is 69.2 cm³/mol. The van der Waals surface area contributed by atoms with Gasteiger partial charge in [-0.3, -0.25) is 9.59 Å². The first-order chi connectivity index (χ1) is 8.27. The fraction of sp³-hybridized carbons (Fsp3) is 0.417. The third-order valence-corrected chi connectivity index (χ3v) is 3.20. The van der Waals surface area contributed by atoms with E-state index in [1.54, 1.807) is 32.9 Å². The fourth-order valence-electron chi connectivity index (χ4n) is 1.33. The summed E-state index contributed by atoms with van der Waals surface area (Å²) in [7, 11) is 0. The number of amides is 2. The quantitative estimate of drug-likeness (QED) is 0.810. The maximum atomic E-state index is 12.0. The summed E-state index contributed by atoms with van der Waals surface area (Å²) in [5.74, 6) is -1.21. The number of nitrogens with zero attached hydrogens (tertiary/aromatic N) is 1. The van der Waals surface area contributed by atoms with Crippen LogP contribution in [0.4, 0.5) is 0 Å². The van der Waals surface area contributed by atoms with Gasteiger partial charge in [-0.15, -0.1) is 0 Å². The van der Waals surface area contributed by atoms with Crippen LogP contribution in [0.3, 0.4) is 0 Å². The second-order valence-electron chi connectivity index (χ2n) is 4.52. The molecule has 0 radical (unpaired) electrons. The summed E-state index contributed by atoms with van der Waals surface area (Å²) in [5.41, 5.74) is 4.35. The van der Waals surface area contributed by atoms with Crippen molar-refractivity contribution in [1.82, 2.24) is 10.3 Å². The smallest absolute Gasteiger partial charge is 0.270 e. The normalized spacial score (nSPS) is 14.1. The Balaban J connectivity index is 2.96. The van der Waals surface area contributed by atoms with Gasteiger partial charge in [-0.05, 0) is 25.0 Å². The molecule has 1 aromatic rings. The van der Waals surface area contributed by atoms with Crippen molar-refractivity contribution in [1.29, 1.82) is 0 Å². The molecule has 1 aromatic heterocycles. The van der Waals surface area contributed by atoms with Gasteiger partial charge in [-0.2, -0.15) is 0 Å². The molecule has 0 spiro atoms. The minimum absolute atomic E-state index is 0.141. The summed E-state index contributed by atoms with van der Waals surface area (Å²) >= 11 is 5.70. The van der Waals surface area contributed by atoms with E-state index < -0.39 is 17.4 Å². The number of hydrogen-bond acceptors (Lipinski definition) is 3. The van der Waals surface area contributed by atoms with Gasteiger partial charge in [0.2, 0.25) is 5.91 Å². The Kier molecular flexibility index (Phi) is 4.29. The van der Waals surface area contributed by atoms with Crippen LogP contribution in [0, 0.1) is 5.92 Å². The van der Waals surface area contributed by atoms with Gasteiger partial charge < -0.3 is 11.1 Å². The molecule has 6 heteroatoms. The van der Waals surface area contributed by atoms with Gasteiger partial charge in [0.05, 0.1) is 0 Å². The van der Waals surface area contributed by atoms with Crippen LogP contribution < -0.4 is 11.1 Å². The Labute approximate surface area is 111 Å². The van der Waals surface area contributed by atoms with Gasteiger partial charge in [-0.25, -0.2) is 4.98 Å². The molecule has 0 aliphatic carbocycles. The van der Waals surface area contributed by atoms with Crippen molar-refractivity contribution in [2.45, 2.75) is 26.3 Å². The Morgan fingerprint density at radius 2 is 2.06 bits per heavy atom. The topological polar surface area (TPSA) is 85.1 Å². The van der Waals surface area contributed by atoms with E-state index in [1.807, 2.05) is 0 Å². The Morgan fingerprint density at radius 1 is 1.44 bits per heavy atom. The molecular weight excluding hydrogens is 254 g/mol. The average molecular weight is 270 g/mol. The molecule has 98 valence electrons. The van der Waals surface area contributed by atoms with E-state index in [9.17, 15) is 9.59 Å². The summed E-state index contributed by atoms with van der Waals surface area (Å²) in [5, 5.41) is 2.82. The van der Waals surface area contributed by atoms with Crippen molar-refractivity contribution in [2.75, 3.05) is 0 Å². The number of rotatable bonds is 4. The van der Waals surface area contributed by atoms with Gasteiger partial charge in [0, 0.05) is 0 Å². The van der Waals surface area contributed by atoms with Crippen molar-refractivity contribution in [3.8, 4) is 0 Å². The lowest BCUT2D eigenvalue weighted by Crippen LogP contribution is -2.58. The van der Waals surface area contributed by atoms with Gasteiger partial charge in [-0.1, -0.05) is 31.5 Å². The van der Waals surface area contributed by atoms with E-state index in [2.05, 4.69) is 10.3 Å². The number of hydrogen-bond donors (Lipinski definition) is 2. The Hall–Kier alpha value is -1.62. The van der Waals surface area contributed by atoms with Crippen LogP contribution in [-0.4, -0.2) is 22.3 Å². The molecule has 0 aromatic carbocycles. The first-order valence-corrected chi connectivity index (χ1v) is 5.90. The Morgan fingerprint density at radius 3 is 2.50 bits per heavy atom. The molecule has 0 fully saturated rings. The second-order valence-corrected chi connectivity index (χ2v) is 4.91. The standard InChI is InChI=1S/C12H16ClN3O2/c1-7(2)12(3,11(14)18)16-10(17)8-5-4-6-9(13)15-8/h4-7H,1-3H3,(H2,14,18)(H,16,17). The van der Waals surface area contributed by atoms with E-state index in [0.29, 0.717) is 0 Å². The molecule has 0 saturated heterocycles. The van der Waals surface area contributed by atoms with Crippen LogP contribution in [0.15, 0.2) is 18.2 Å². The minimum atomic E-state index is -1.12. The average Bonchev–Trinajstić information content (AvgIpc) is 2.28. The van der Waals surface area contributed by atoms with Crippen LogP contribution in [0.1, 0.15) is 31.3 Å². The van der Waals surface area contributed by atoms with Crippen molar-refractivity contribution in [3.63, 3.8) is 0 Å². The van der Waals surface area contributed by atoms with Gasteiger partial charge >= 0.3 is 0 Å². The van der Waals surface area contributed by atoms with Crippen LogP contribution in [-0.2, 0) is 4.79 Å². The van der Waals surface area contributed by atoms with Crippen molar-refractivity contribution in [3.05, 3.63) is 29.0 Å².